The highest BCUT2D eigenvalue weighted by atomic mass is 35.5. The lowest BCUT2D eigenvalue weighted by atomic mass is 10.1. The second-order valence-corrected chi connectivity index (χ2v) is 3.46. The van der Waals surface area contributed by atoms with E-state index in [0.717, 1.165) is 11.3 Å². The first-order valence-electron chi connectivity index (χ1n) is 3.94. The molecule has 0 fully saturated rings. The van der Waals surface area contributed by atoms with Crippen molar-refractivity contribution in [2.24, 2.45) is 5.73 Å². The van der Waals surface area contributed by atoms with Gasteiger partial charge >= 0.3 is 0 Å². The van der Waals surface area contributed by atoms with E-state index in [0.29, 0.717) is 5.02 Å². The fourth-order valence-electron chi connectivity index (χ4n) is 1.59. The number of halogens is 1. The minimum Gasteiger partial charge on any atom is -0.316 e. The predicted octanol–water partition coefficient (Wildman–Crippen LogP) is 1.32. The molecule has 68 valence electrons. The van der Waals surface area contributed by atoms with E-state index in [1.165, 1.54) is 4.90 Å². The number of likely N-dealkylation sites (N-methyl/N-ethyl adjacent to an activating group) is 1. The molecule has 0 aliphatic carbocycles. The first-order valence-corrected chi connectivity index (χ1v) is 4.32. The number of nitrogens with two attached hydrogens (primary N) is 1. The van der Waals surface area contributed by atoms with Crippen molar-refractivity contribution in [2.75, 3.05) is 11.9 Å². The van der Waals surface area contributed by atoms with Crippen LogP contribution in [0.25, 0.3) is 0 Å². The number of para-hydroxylation sites is 1. The number of benzene rings is 1. The molecule has 1 aromatic rings. The Bertz CT molecular complexity index is 378. The molecule has 1 aliphatic rings. The fraction of sp³-hybridized carbons (Fsp3) is 0.222. The third-order valence-corrected chi connectivity index (χ3v) is 2.59. The van der Waals surface area contributed by atoms with Crippen LogP contribution in [0.2, 0.25) is 5.02 Å². The summed E-state index contributed by atoms with van der Waals surface area (Å²) in [5, 5.41) is 0.571. The molecule has 1 aliphatic heterocycles. The number of hydrogen-bond acceptors (Lipinski definition) is 2. The molecule has 0 saturated heterocycles. The van der Waals surface area contributed by atoms with Gasteiger partial charge in [0.15, 0.2) is 0 Å². The monoisotopic (exact) mass is 196 g/mol. The summed E-state index contributed by atoms with van der Waals surface area (Å²) in [7, 11) is 1.68. The Hall–Kier alpha value is -1.06. The number of hydrogen-bond donors (Lipinski definition) is 1. The normalized spacial score (nSPS) is 20.7. The predicted molar refractivity (Wildman–Crippen MR) is 51.8 cm³/mol. The van der Waals surface area contributed by atoms with Crippen LogP contribution in [0.5, 0.6) is 0 Å². The summed E-state index contributed by atoms with van der Waals surface area (Å²) < 4.78 is 0. The molecule has 3 nitrogen and oxygen atoms in total. The van der Waals surface area contributed by atoms with Crippen molar-refractivity contribution in [3.63, 3.8) is 0 Å². The van der Waals surface area contributed by atoms with Gasteiger partial charge in [-0.3, -0.25) is 4.79 Å². The van der Waals surface area contributed by atoms with E-state index < -0.39 is 6.04 Å². The van der Waals surface area contributed by atoms with Crippen LogP contribution < -0.4 is 10.6 Å². The third-order valence-electron chi connectivity index (χ3n) is 2.29. The van der Waals surface area contributed by atoms with Crippen LogP contribution in [0.15, 0.2) is 18.2 Å². The first-order chi connectivity index (χ1) is 6.13. The lowest BCUT2D eigenvalue weighted by molar-refractivity contribution is -0.118. The summed E-state index contributed by atoms with van der Waals surface area (Å²) in [6.45, 7) is 0. The Labute approximate surface area is 81.1 Å². The number of amides is 1. The van der Waals surface area contributed by atoms with Crippen LogP contribution in [-0.4, -0.2) is 13.0 Å². The molecule has 0 spiro atoms. The molecule has 13 heavy (non-hydrogen) atoms. The Morgan fingerprint density at radius 1 is 1.54 bits per heavy atom. The molecule has 1 aromatic carbocycles. The van der Waals surface area contributed by atoms with Gasteiger partial charge in [-0.1, -0.05) is 23.7 Å². The standard InChI is InChI=1S/C9H9ClN2O/c1-12-8-5(7(11)9(12)13)3-2-4-6(8)10/h2-4,7H,11H2,1H3. The van der Waals surface area contributed by atoms with Gasteiger partial charge in [-0.15, -0.1) is 0 Å². The smallest absolute Gasteiger partial charge is 0.248 e. The average Bonchev–Trinajstić information content (AvgIpc) is 2.33. The van der Waals surface area contributed by atoms with Crippen LogP contribution in [0, 0.1) is 0 Å². The molecular weight excluding hydrogens is 188 g/mol. The van der Waals surface area contributed by atoms with Gasteiger partial charge in [-0.2, -0.15) is 0 Å². The van der Waals surface area contributed by atoms with E-state index in [2.05, 4.69) is 0 Å². The van der Waals surface area contributed by atoms with Gasteiger partial charge < -0.3 is 10.6 Å². The zero-order chi connectivity index (χ0) is 9.59. The SMILES string of the molecule is CN1C(=O)C(N)c2cccc(Cl)c21. The highest BCUT2D eigenvalue weighted by Gasteiger charge is 2.33. The second-order valence-electron chi connectivity index (χ2n) is 3.05. The summed E-state index contributed by atoms with van der Waals surface area (Å²) in [6.07, 6.45) is 0. The van der Waals surface area contributed by atoms with Crippen molar-refractivity contribution in [3.05, 3.63) is 28.8 Å². The first kappa shape index (κ1) is 8.53. The Kier molecular flexibility index (Phi) is 1.78. The zero-order valence-electron chi connectivity index (χ0n) is 7.12. The maximum absolute atomic E-state index is 11.5. The van der Waals surface area contributed by atoms with Crippen LogP contribution >= 0.6 is 11.6 Å². The Balaban J connectivity index is 2.66. The van der Waals surface area contributed by atoms with Crippen molar-refractivity contribution >= 4 is 23.2 Å². The van der Waals surface area contributed by atoms with E-state index in [1.807, 2.05) is 6.07 Å². The van der Waals surface area contributed by atoms with Gasteiger partial charge in [0.2, 0.25) is 5.91 Å². The molecule has 4 heteroatoms. The van der Waals surface area contributed by atoms with Gasteiger partial charge in [-0.05, 0) is 6.07 Å². The molecule has 1 unspecified atom stereocenters. The summed E-state index contributed by atoms with van der Waals surface area (Å²) >= 11 is 5.95. The maximum Gasteiger partial charge on any atom is 0.248 e. The molecular formula is C9H9ClN2O. The maximum atomic E-state index is 11.5. The molecule has 0 aromatic heterocycles. The van der Waals surface area contributed by atoms with E-state index in [-0.39, 0.29) is 5.91 Å². The van der Waals surface area contributed by atoms with Crippen molar-refractivity contribution in [3.8, 4) is 0 Å². The second kappa shape index (κ2) is 2.72. The molecule has 2 N–H and O–H groups in total. The van der Waals surface area contributed by atoms with Crippen LogP contribution in [0.1, 0.15) is 11.6 Å². The summed E-state index contributed by atoms with van der Waals surface area (Å²) in [6, 6.07) is 4.82. The fourth-order valence-corrected chi connectivity index (χ4v) is 1.90. The number of rotatable bonds is 0. The van der Waals surface area contributed by atoms with Gasteiger partial charge in [-0.25, -0.2) is 0 Å². The topological polar surface area (TPSA) is 46.3 Å². The molecule has 0 saturated carbocycles. The minimum absolute atomic E-state index is 0.108. The number of carbonyl (C=O) groups excluding carboxylic acids is 1. The lowest BCUT2D eigenvalue weighted by Crippen LogP contribution is -2.27. The third kappa shape index (κ3) is 1.04. The molecule has 0 radical (unpaired) electrons. The van der Waals surface area contributed by atoms with E-state index >= 15 is 0 Å². The van der Waals surface area contributed by atoms with Crippen LogP contribution in [0.4, 0.5) is 5.69 Å². The van der Waals surface area contributed by atoms with E-state index in [4.69, 9.17) is 17.3 Å². The quantitative estimate of drug-likeness (QED) is 0.680. The average molecular weight is 197 g/mol. The molecule has 1 atom stereocenters. The summed E-state index contributed by atoms with van der Waals surface area (Å²) in [5.74, 6) is -0.108. The molecule has 2 rings (SSSR count). The van der Waals surface area contributed by atoms with E-state index in [1.54, 1.807) is 19.2 Å². The van der Waals surface area contributed by atoms with E-state index in [9.17, 15) is 4.79 Å². The van der Waals surface area contributed by atoms with Crippen molar-refractivity contribution in [1.29, 1.82) is 0 Å². The molecule has 0 bridgehead atoms. The number of carbonyl (C=O) groups is 1. The summed E-state index contributed by atoms with van der Waals surface area (Å²) in [5.41, 5.74) is 7.24. The van der Waals surface area contributed by atoms with Crippen molar-refractivity contribution in [1.82, 2.24) is 0 Å². The molecule has 1 heterocycles. The highest BCUT2D eigenvalue weighted by molar-refractivity contribution is 6.34. The van der Waals surface area contributed by atoms with Crippen molar-refractivity contribution in [2.45, 2.75) is 6.04 Å². The minimum atomic E-state index is -0.557. The van der Waals surface area contributed by atoms with Crippen LogP contribution in [-0.2, 0) is 4.79 Å². The van der Waals surface area contributed by atoms with Gasteiger partial charge in [0.05, 0.1) is 10.7 Å². The highest BCUT2D eigenvalue weighted by Crippen LogP contribution is 2.38. The molecule has 1 amide bonds. The number of fused-ring (bicyclic) bond motifs is 1. The van der Waals surface area contributed by atoms with Gasteiger partial charge in [0.25, 0.3) is 0 Å². The zero-order valence-corrected chi connectivity index (χ0v) is 7.88. The Morgan fingerprint density at radius 2 is 2.23 bits per heavy atom. The van der Waals surface area contributed by atoms with Gasteiger partial charge in [0, 0.05) is 12.6 Å². The number of nitrogens with zero attached hydrogens (tertiary/aromatic N) is 1. The largest absolute Gasteiger partial charge is 0.316 e. The van der Waals surface area contributed by atoms with Crippen LogP contribution in [0.3, 0.4) is 0 Å². The number of anilines is 1. The lowest BCUT2D eigenvalue weighted by Gasteiger charge is -2.10. The van der Waals surface area contributed by atoms with Crippen molar-refractivity contribution < 1.29 is 4.79 Å². The van der Waals surface area contributed by atoms with Gasteiger partial charge in [0.1, 0.15) is 6.04 Å². The Morgan fingerprint density at radius 3 is 2.85 bits per heavy atom. The summed E-state index contributed by atoms with van der Waals surface area (Å²) in [4.78, 5) is 13.0.